The molecule has 1 aromatic rings. The molecule has 22 heavy (non-hydrogen) atoms. The molecule has 2 amide bonds. The molecule has 0 radical (unpaired) electrons. The molecule has 0 saturated heterocycles. The first-order valence-electron chi connectivity index (χ1n) is 6.79. The Kier molecular flexibility index (Phi) is 6.50. The number of carbonyl (C=O) groups is 2. The Bertz CT molecular complexity index is 556. The number of carbonyl (C=O) groups excluding carboxylic acids is 2. The highest BCUT2D eigenvalue weighted by Gasteiger charge is 2.20. The molecule has 0 aliphatic carbocycles. The van der Waals surface area contributed by atoms with Crippen LogP contribution >= 0.6 is 23.2 Å². The fraction of sp³-hybridized carbons (Fsp3) is 0.467. The Balaban J connectivity index is 2.47. The van der Waals surface area contributed by atoms with Crippen LogP contribution < -0.4 is 10.6 Å². The zero-order chi connectivity index (χ0) is 16.9. The summed E-state index contributed by atoms with van der Waals surface area (Å²) in [6.07, 6.45) is -0.635. The van der Waals surface area contributed by atoms with Gasteiger partial charge in [0.05, 0.1) is 10.0 Å². The summed E-state index contributed by atoms with van der Waals surface area (Å²) in [4.78, 5) is 23.5. The number of ether oxygens (including phenoxy) is 1. The fourth-order valence-electron chi connectivity index (χ4n) is 1.54. The first kappa shape index (κ1) is 18.6. The van der Waals surface area contributed by atoms with Gasteiger partial charge in [0.15, 0.2) is 0 Å². The Morgan fingerprint density at radius 1 is 1.23 bits per heavy atom. The van der Waals surface area contributed by atoms with E-state index in [9.17, 15) is 9.59 Å². The topological polar surface area (TPSA) is 67.4 Å². The van der Waals surface area contributed by atoms with Crippen LogP contribution in [0.25, 0.3) is 0 Å². The van der Waals surface area contributed by atoms with Gasteiger partial charge < -0.3 is 15.4 Å². The molecule has 0 aliphatic rings. The van der Waals surface area contributed by atoms with Crippen LogP contribution in [0.5, 0.6) is 0 Å². The van der Waals surface area contributed by atoms with E-state index in [4.69, 9.17) is 27.9 Å². The molecule has 5 nitrogen and oxygen atoms in total. The molecule has 0 fully saturated rings. The second kappa shape index (κ2) is 7.70. The maximum Gasteiger partial charge on any atom is 0.408 e. The largest absolute Gasteiger partial charge is 0.444 e. The quantitative estimate of drug-likeness (QED) is 0.876. The van der Waals surface area contributed by atoms with Crippen molar-refractivity contribution in [2.75, 3.05) is 0 Å². The van der Waals surface area contributed by atoms with Crippen LogP contribution in [-0.2, 0) is 16.1 Å². The van der Waals surface area contributed by atoms with Gasteiger partial charge in [0.25, 0.3) is 0 Å². The lowest BCUT2D eigenvalue weighted by Gasteiger charge is -2.21. The van der Waals surface area contributed by atoms with E-state index < -0.39 is 17.7 Å². The summed E-state index contributed by atoms with van der Waals surface area (Å²) in [7, 11) is 0. The molecule has 1 atom stereocenters. The van der Waals surface area contributed by atoms with E-state index in [0.717, 1.165) is 5.56 Å². The maximum absolute atomic E-state index is 11.9. The summed E-state index contributed by atoms with van der Waals surface area (Å²) in [6, 6.07) is 4.39. The van der Waals surface area contributed by atoms with Gasteiger partial charge in [0.2, 0.25) is 5.91 Å². The van der Waals surface area contributed by atoms with Crippen molar-refractivity contribution in [1.82, 2.24) is 10.6 Å². The van der Waals surface area contributed by atoms with Crippen LogP contribution in [0.4, 0.5) is 4.79 Å². The maximum atomic E-state index is 11.9. The highest BCUT2D eigenvalue weighted by atomic mass is 35.5. The molecule has 0 spiro atoms. The molecule has 1 rings (SSSR count). The van der Waals surface area contributed by atoms with Crippen molar-refractivity contribution in [1.29, 1.82) is 0 Å². The second-order valence-corrected chi connectivity index (χ2v) is 6.65. The molecule has 2 N–H and O–H groups in total. The van der Waals surface area contributed by atoms with Gasteiger partial charge in [-0.3, -0.25) is 4.79 Å². The molecule has 0 saturated carbocycles. The summed E-state index contributed by atoms with van der Waals surface area (Å²) >= 11 is 11.7. The zero-order valence-corrected chi connectivity index (χ0v) is 14.5. The van der Waals surface area contributed by atoms with E-state index in [-0.39, 0.29) is 12.5 Å². The molecule has 122 valence electrons. The Hall–Kier alpha value is -1.46. The normalized spacial score (nSPS) is 12.5. The van der Waals surface area contributed by atoms with Crippen molar-refractivity contribution < 1.29 is 14.3 Å². The van der Waals surface area contributed by atoms with Crippen molar-refractivity contribution in [2.24, 2.45) is 0 Å². The van der Waals surface area contributed by atoms with Crippen LogP contribution in [0.15, 0.2) is 18.2 Å². The van der Waals surface area contributed by atoms with Crippen molar-refractivity contribution >= 4 is 35.2 Å². The van der Waals surface area contributed by atoms with Gasteiger partial charge in [-0.15, -0.1) is 0 Å². The van der Waals surface area contributed by atoms with Crippen molar-refractivity contribution in [3.05, 3.63) is 33.8 Å². The minimum Gasteiger partial charge on any atom is -0.444 e. The Morgan fingerprint density at radius 3 is 2.41 bits per heavy atom. The van der Waals surface area contributed by atoms with E-state index in [1.807, 2.05) is 0 Å². The average Bonchev–Trinajstić information content (AvgIpc) is 2.37. The molecule has 0 aromatic heterocycles. The molecule has 0 aliphatic heterocycles. The standard InChI is InChI=1S/C15H20Cl2N2O3/c1-9(19-14(21)22-15(2,3)4)13(20)18-8-10-5-6-11(16)12(17)7-10/h5-7,9H,8H2,1-4H3,(H,18,20)(H,19,21). The molecular formula is C15H20Cl2N2O3. The number of amides is 2. The third-order valence-electron chi connectivity index (χ3n) is 2.58. The Labute approximate surface area is 140 Å². The first-order chi connectivity index (χ1) is 10.1. The molecule has 1 aromatic carbocycles. The minimum absolute atomic E-state index is 0.288. The number of hydrogen-bond donors (Lipinski definition) is 2. The van der Waals surface area contributed by atoms with Crippen LogP contribution in [0.2, 0.25) is 10.0 Å². The van der Waals surface area contributed by atoms with Gasteiger partial charge in [-0.25, -0.2) is 4.79 Å². The van der Waals surface area contributed by atoms with Gasteiger partial charge in [-0.05, 0) is 45.4 Å². The highest BCUT2D eigenvalue weighted by molar-refractivity contribution is 6.42. The predicted octanol–water partition coefficient (Wildman–Crippen LogP) is 3.52. The first-order valence-corrected chi connectivity index (χ1v) is 7.55. The number of alkyl carbamates (subject to hydrolysis) is 1. The SMILES string of the molecule is CC(NC(=O)OC(C)(C)C)C(=O)NCc1ccc(Cl)c(Cl)c1. The van der Waals surface area contributed by atoms with Gasteiger partial charge in [-0.2, -0.15) is 0 Å². The fourth-order valence-corrected chi connectivity index (χ4v) is 1.86. The van der Waals surface area contributed by atoms with Gasteiger partial charge >= 0.3 is 6.09 Å². The summed E-state index contributed by atoms with van der Waals surface area (Å²) in [6.45, 7) is 7.12. The lowest BCUT2D eigenvalue weighted by Crippen LogP contribution is -2.46. The number of hydrogen-bond acceptors (Lipinski definition) is 3. The van der Waals surface area contributed by atoms with E-state index >= 15 is 0 Å². The monoisotopic (exact) mass is 346 g/mol. The van der Waals surface area contributed by atoms with Crippen LogP contribution in [0, 0.1) is 0 Å². The van der Waals surface area contributed by atoms with E-state index in [0.29, 0.717) is 10.0 Å². The highest BCUT2D eigenvalue weighted by Crippen LogP contribution is 2.22. The summed E-state index contributed by atoms with van der Waals surface area (Å²) in [5, 5.41) is 6.05. The lowest BCUT2D eigenvalue weighted by molar-refractivity contribution is -0.122. The predicted molar refractivity (Wildman–Crippen MR) is 87.1 cm³/mol. The number of nitrogens with one attached hydrogen (secondary N) is 2. The molecule has 0 bridgehead atoms. The van der Waals surface area contributed by atoms with E-state index in [1.54, 1.807) is 45.9 Å². The number of halogens is 2. The van der Waals surface area contributed by atoms with Crippen LogP contribution in [0.1, 0.15) is 33.3 Å². The summed E-state index contributed by atoms with van der Waals surface area (Å²) in [5.74, 6) is -0.322. The minimum atomic E-state index is -0.711. The second-order valence-electron chi connectivity index (χ2n) is 5.83. The van der Waals surface area contributed by atoms with Gasteiger partial charge in [0.1, 0.15) is 11.6 Å². The van der Waals surface area contributed by atoms with Gasteiger partial charge in [0, 0.05) is 6.54 Å². The van der Waals surface area contributed by atoms with E-state index in [2.05, 4.69) is 10.6 Å². The van der Waals surface area contributed by atoms with E-state index in [1.165, 1.54) is 0 Å². The summed E-state index contributed by atoms with van der Waals surface area (Å²) < 4.78 is 5.09. The molecule has 0 heterocycles. The molecule has 1 unspecified atom stereocenters. The van der Waals surface area contributed by atoms with Gasteiger partial charge in [-0.1, -0.05) is 29.3 Å². The zero-order valence-electron chi connectivity index (χ0n) is 13.0. The van der Waals surface area contributed by atoms with Crippen molar-refractivity contribution in [3.63, 3.8) is 0 Å². The van der Waals surface area contributed by atoms with Crippen LogP contribution in [-0.4, -0.2) is 23.6 Å². The summed E-state index contributed by atoms with van der Waals surface area (Å²) in [5.41, 5.74) is 0.201. The third kappa shape index (κ3) is 6.54. The average molecular weight is 347 g/mol. The van der Waals surface area contributed by atoms with Crippen molar-refractivity contribution in [3.8, 4) is 0 Å². The lowest BCUT2D eigenvalue weighted by atomic mass is 10.2. The third-order valence-corrected chi connectivity index (χ3v) is 3.32. The number of benzene rings is 1. The van der Waals surface area contributed by atoms with Crippen molar-refractivity contribution in [2.45, 2.75) is 45.9 Å². The number of rotatable bonds is 4. The molecular weight excluding hydrogens is 327 g/mol. The smallest absolute Gasteiger partial charge is 0.408 e. The van der Waals surface area contributed by atoms with Crippen LogP contribution in [0.3, 0.4) is 0 Å². The Morgan fingerprint density at radius 2 is 1.86 bits per heavy atom. The molecule has 7 heteroatoms.